The van der Waals surface area contributed by atoms with Gasteiger partial charge in [-0.25, -0.2) is 0 Å². The molecule has 0 bridgehead atoms. The van der Waals surface area contributed by atoms with Crippen molar-refractivity contribution in [3.05, 3.63) is 29.3 Å². The van der Waals surface area contributed by atoms with Crippen LogP contribution in [-0.4, -0.2) is 18.0 Å². The molecular formula is C18H30N2. The maximum atomic E-state index is 6.18. The van der Waals surface area contributed by atoms with Gasteiger partial charge in [-0.1, -0.05) is 52.2 Å². The third-order valence-electron chi connectivity index (χ3n) is 4.63. The number of anilines is 1. The van der Waals surface area contributed by atoms with Gasteiger partial charge in [-0.3, -0.25) is 4.90 Å². The number of nitrogens with zero attached hydrogens (tertiary/aromatic N) is 1. The minimum Gasteiger partial charge on any atom is -0.398 e. The highest BCUT2D eigenvalue weighted by atomic mass is 15.1. The Balaban J connectivity index is 2.11. The Morgan fingerprint density at radius 1 is 1.15 bits per heavy atom. The van der Waals surface area contributed by atoms with Gasteiger partial charge in [0, 0.05) is 18.3 Å². The van der Waals surface area contributed by atoms with E-state index in [-0.39, 0.29) is 5.41 Å². The molecule has 0 atom stereocenters. The Labute approximate surface area is 124 Å². The van der Waals surface area contributed by atoms with Crippen LogP contribution in [0.15, 0.2) is 18.2 Å². The summed E-state index contributed by atoms with van der Waals surface area (Å²) in [6.45, 7) is 7.74. The summed E-state index contributed by atoms with van der Waals surface area (Å²) in [5.41, 5.74) is 9.96. The van der Waals surface area contributed by atoms with E-state index in [0.717, 1.165) is 18.3 Å². The molecule has 1 saturated carbocycles. The molecule has 2 rings (SSSR count). The van der Waals surface area contributed by atoms with Gasteiger partial charge in [0.1, 0.15) is 0 Å². The SMILES string of the molecule is CN(Cc1cc(C(C)(C)C)ccc1N)C1CCCCC1. The fourth-order valence-electron chi connectivity index (χ4n) is 3.13. The predicted molar refractivity (Wildman–Crippen MR) is 87.9 cm³/mol. The van der Waals surface area contributed by atoms with Gasteiger partial charge < -0.3 is 5.73 Å². The van der Waals surface area contributed by atoms with Gasteiger partial charge in [-0.2, -0.15) is 0 Å². The maximum Gasteiger partial charge on any atom is 0.0359 e. The summed E-state index contributed by atoms with van der Waals surface area (Å²) in [4.78, 5) is 2.50. The standard InChI is InChI=1S/C18H30N2/c1-18(2,3)15-10-11-17(19)14(12-15)13-20(4)16-8-6-5-7-9-16/h10-12,16H,5-9,13,19H2,1-4H3. The van der Waals surface area contributed by atoms with Gasteiger partial charge in [-0.15, -0.1) is 0 Å². The summed E-state index contributed by atoms with van der Waals surface area (Å²) < 4.78 is 0. The van der Waals surface area contributed by atoms with E-state index >= 15 is 0 Å². The Morgan fingerprint density at radius 3 is 2.40 bits per heavy atom. The van der Waals surface area contributed by atoms with Crippen molar-refractivity contribution in [1.82, 2.24) is 4.90 Å². The summed E-state index contributed by atoms with van der Waals surface area (Å²) in [7, 11) is 2.25. The zero-order valence-electron chi connectivity index (χ0n) is 13.6. The van der Waals surface area contributed by atoms with Crippen LogP contribution in [0, 0.1) is 0 Å². The first-order chi connectivity index (χ1) is 9.38. The van der Waals surface area contributed by atoms with E-state index in [1.165, 1.54) is 43.2 Å². The quantitative estimate of drug-likeness (QED) is 0.831. The number of nitrogen functional groups attached to an aromatic ring is 1. The second kappa shape index (κ2) is 6.17. The maximum absolute atomic E-state index is 6.18. The molecular weight excluding hydrogens is 244 g/mol. The highest BCUT2D eigenvalue weighted by Gasteiger charge is 2.20. The molecule has 1 aromatic rings. The van der Waals surface area contributed by atoms with Crippen molar-refractivity contribution < 1.29 is 0 Å². The van der Waals surface area contributed by atoms with Crippen LogP contribution in [0.4, 0.5) is 5.69 Å². The number of hydrogen-bond acceptors (Lipinski definition) is 2. The molecule has 2 N–H and O–H groups in total. The van der Waals surface area contributed by atoms with Gasteiger partial charge in [0.05, 0.1) is 0 Å². The minimum atomic E-state index is 0.186. The Morgan fingerprint density at radius 2 is 1.80 bits per heavy atom. The second-order valence-electron chi connectivity index (χ2n) is 7.37. The summed E-state index contributed by atoms with van der Waals surface area (Å²) in [6.07, 6.45) is 6.86. The zero-order chi connectivity index (χ0) is 14.8. The zero-order valence-corrected chi connectivity index (χ0v) is 13.6. The molecule has 1 fully saturated rings. The van der Waals surface area contributed by atoms with E-state index in [2.05, 4.69) is 50.9 Å². The lowest BCUT2D eigenvalue weighted by molar-refractivity contribution is 0.185. The van der Waals surface area contributed by atoms with Crippen LogP contribution in [0.3, 0.4) is 0 Å². The lowest BCUT2D eigenvalue weighted by Gasteiger charge is -2.32. The molecule has 2 heteroatoms. The average molecular weight is 274 g/mol. The molecule has 1 aliphatic rings. The van der Waals surface area contributed by atoms with E-state index in [1.807, 2.05) is 0 Å². The van der Waals surface area contributed by atoms with Gasteiger partial charge >= 0.3 is 0 Å². The van der Waals surface area contributed by atoms with E-state index in [4.69, 9.17) is 5.73 Å². The molecule has 112 valence electrons. The van der Waals surface area contributed by atoms with Gasteiger partial charge in [-0.05, 0) is 42.5 Å². The minimum absolute atomic E-state index is 0.186. The molecule has 20 heavy (non-hydrogen) atoms. The van der Waals surface area contributed by atoms with Gasteiger partial charge in [0.2, 0.25) is 0 Å². The predicted octanol–water partition coefficient (Wildman–Crippen LogP) is 4.33. The molecule has 0 spiro atoms. The number of rotatable bonds is 3. The molecule has 1 aliphatic carbocycles. The van der Waals surface area contributed by atoms with Crippen LogP contribution in [0.25, 0.3) is 0 Å². The number of nitrogens with two attached hydrogens (primary N) is 1. The van der Waals surface area contributed by atoms with Crippen LogP contribution >= 0.6 is 0 Å². The van der Waals surface area contributed by atoms with Crippen molar-refractivity contribution in [2.24, 2.45) is 0 Å². The van der Waals surface area contributed by atoms with Crippen molar-refractivity contribution in [1.29, 1.82) is 0 Å². The first-order valence-corrected chi connectivity index (χ1v) is 7.97. The average Bonchev–Trinajstić information content (AvgIpc) is 2.41. The summed E-state index contributed by atoms with van der Waals surface area (Å²) in [5.74, 6) is 0. The van der Waals surface area contributed by atoms with Crippen molar-refractivity contribution >= 4 is 5.69 Å². The molecule has 0 heterocycles. The van der Waals surface area contributed by atoms with Gasteiger partial charge in [0.25, 0.3) is 0 Å². The molecule has 2 nitrogen and oxygen atoms in total. The molecule has 0 saturated heterocycles. The smallest absolute Gasteiger partial charge is 0.0359 e. The molecule has 0 unspecified atom stereocenters. The number of benzene rings is 1. The normalized spacial score (nSPS) is 17.6. The Bertz CT molecular complexity index is 439. The van der Waals surface area contributed by atoms with Crippen LogP contribution in [-0.2, 0) is 12.0 Å². The Kier molecular flexibility index (Phi) is 4.74. The summed E-state index contributed by atoms with van der Waals surface area (Å²) in [5, 5.41) is 0. The lowest BCUT2D eigenvalue weighted by atomic mass is 9.85. The van der Waals surface area contributed by atoms with E-state index < -0.39 is 0 Å². The van der Waals surface area contributed by atoms with E-state index in [9.17, 15) is 0 Å². The highest BCUT2D eigenvalue weighted by molar-refractivity contribution is 5.49. The fraction of sp³-hybridized carbons (Fsp3) is 0.667. The monoisotopic (exact) mass is 274 g/mol. The summed E-state index contributed by atoms with van der Waals surface area (Å²) in [6, 6.07) is 7.28. The van der Waals surface area contributed by atoms with Crippen molar-refractivity contribution in [3.8, 4) is 0 Å². The molecule has 0 aromatic heterocycles. The van der Waals surface area contributed by atoms with Crippen LogP contribution in [0.2, 0.25) is 0 Å². The topological polar surface area (TPSA) is 29.3 Å². The van der Waals surface area contributed by atoms with E-state index in [0.29, 0.717) is 0 Å². The third kappa shape index (κ3) is 3.76. The highest BCUT2D eigenvalue weighted by Crippen LogP contribution is 2.28. The first kappa shape index (κ1) is 15.4. The lowest BCUT2D eigenvalue weighted by Crippen LogP contribution is -2.33. The van der Waals surface area contributed by atoms with Crippen LogP contribution < -0.4 is 5.73 Å². The van der Waals surface area contributed by atoms with Crippen molar-refractivity contribution in [2.75, 3.05) is 12.8 Å². The Hall–Kier alpha value is -1.02. The molecule has 1 aromatic carbocycles. The van der Waals surface area contributed by atoms with Crippen LogP contribution in [0.5, 0.6) is 0 Å². The van der Waals surface area contributed by atoms with Gasteiger partial charge in [0.15, 0.2) is 0 Å². The van der Waals surface area contributed by atoms with E-state index in [1.54, 1.807) is 0 Å². The molecule has 0 amide bonds. The van der Waals surface area contributed by atoms with Crippen molar-refractivity contribution in [3.63, 3.8) is 0 Å². The fourth-order valence-corrected chi connectivity index (χ4v) is 3.13. The largest absolute Gasteiger partial charge is 0.398 e. The van der Waals surface area contributed by atoms with Crippen molar-refractivity contribution in [2.45, 2.75) is 70.9 Å². The molecule has 0 radical (unpaired) electrons. The summed E-state index contributed by atoms with van der Waals surface area (Å²) >= 11 is 0. The van der Waals surface area contributed by atoms with Crippen LogP contribution in [0.1, 0.15) is 64.0 Å². The molecule has 0 aliphatic heterocycles. The third-order valence-corrected chi connectivity index (χ3v) is 4.63. The number of hydrogen-bond donors (Lipinski definition) is 1. The first-order valence-electron chi connectivity index (χ1n) is 7.97. The second-order valence-corrected chi connectivity index (χ2v) is 7.37.